The summed E-state index contributed by atoms with van der Waals surface area (Å²) in [6.45, 7) is 9.69. The number of hydrogen-bond donors (Lipinski definition) is 2. The molecule has 0 bridgehead atoms. The summed E-state index contributed by atoms with van der Waals surface area (Å²) in [6.07, 6.45) is 1.53. The van der Waals surface area contributed by atoms with Crippen LogP contribution in [-0.2, 0) is 0 Å². The minimum absolute atomic E-state index is 0.517. The van der Waals surface area contributed by atoms with Crippen molar-refractivity contribution in [3.05, 3.63) is 47.5 Å². The van der Waals surface area contributed by atoms with Gasteiger partial charge in [-0.15, -0.1) is 0 Å². The predicted molar refractivity (Wildman–Crippen MR) is 111 cm³/mol. The maximum atomic E-state index is 6.36. The first-order chi connectivity index (χ1) is 13.5. The number of nitrogens with one attached hydrogen (secondary N) is 1. The molecule has 3 heterocycles. The molecule has 3 N–H and O–H groups in total. The van der Waals surface area contributed by atoms with Crippen molar-refractivity contribution in [2.75, 3.05) is 47.0 Å². The van der Waals surface area contributed by atoms with E-state index in [4.69, 9.17) is 10.3 Å². The average molecular weight is 379 g/mol. The first kappa shape index (κ1) is 18.1. The van der Waals surface area contributed by atoms with E-state index in [2.05, 4.69) is 62.3 Å². The standard InChI is InChI=1S/C20H25N7O/c1-13-5-4-6-16(15(13)3)26-7-9-27(10-8-26)20-18(21)19(22-12-23-20)24-17-11-14(2)28-25-17/h4-6,11-12H,7-10,21H2,1-3H3,(H,22,23,24,25). The Morgan fingerprint density at radius 2 is 1.79 bits per heavy atom. The SMILES string of the molecule is Cc1cc(Nc2ncnc(N3CCN(c4cccc(C)c4C)CC3)c2N)no1. The van der Waals surface area contributed by atoms with Gasteiger partial charge in [-0.25, -0.2) is 9.97 Å². The van der Waals surface area contributed by atoms with Crippen LogP contribution in [0.4, 0.5) is 28.8 Å². The number of rotatable bonds is 4. The number of nitrogen functional groups attached to an aromatic ring is 1. The van der Waals surface area contributed by atoms with Gasteiger partial charge in [0.1, 0.15) is 17.8 Å². The zero-order valence-electron chi connectivity index (χ0n) is 16.4. The lowest BCUT2D eigenvalue weighted by Crippen LogP contribution is -2.47. The van der Waals surface area contributed by atoms with Crippen molar-refractivity contribution in [1.82, 2.24) is 15.1 Å². The fourth-order valence-electron chi connectivity index (χ4n) is 3.52. The van der Waals surface area contributed by atoms with Gasteiger partial charge in [-0.2, -0.15) is 0 Å². The number of nitrogens with zero attached hydrogens (tertiary/aromatic N) is 5. The van der Waals surface area contributed by atoms with Crippen LogP contribution in [0.15, 0.2) is 35.1 Å². The average Bonchev–Trinajstić information content (AvgIpc) is 3.11. The van der Waals surface area contributed by atoms with E-state index in [0.29, 0.717) is 17.3 Å². The Labute approximate surface area is 164 Å². The number of benzene rings is 1. The molecule has 1 fully saturated rings. The van der Waals surface area contributed by atoms with Gasteiger partial charge in [-0.3, -0.25) is 0 Å². The Morgan fingerprint density at radius 1 is 1.04 bits per heavy atom. The van der Waals surface area contributed by atoms with Crippen LogP contribution < -0.4 is 20.9 Å². The van der Waals surface area contributed by atoms with Crippen LogP contribution in [0.25, 0.3) is 0 Å². The van der Waals surface area contributed by atoms with Crippen LogP contribution >= 0.6 is 0 Å². The Hall–Kier alpha value is -3.29. The summed E-state index contributed by atoms with van der Waals surface area (Å²) < 4.78 is 5.08. The van der Waals surface area contributed by atoms with E-state index in [1.54, 1.807) is 6.07 Å². The first-order valence-electron chi connectivity index (χ1n) is 9.40. The second kappa shape index (κ2) is 7.38. The van der Waals surface area contributed by atoms with Crippen molar-refractivity contribution in [2.24, 2.45) is 0 Å². The van der Waals surface area contributed by atoms with Gasteiger partial charge in [0.25, 0.3) is 0 Å². The van der Waals surface area contributed by atoms with Crippen LogP contribution in [0.1, 0.15) is 16.9 Å². The van der Waals surface area contributed by atoms with E-state index in [9.17, 15) is 0 Å². The Balaban J connectivity index is 1.49. The van der Waals surface area contributed by atoms with E-state index in [1.165, 1.54) is 23.1 Å². The molecular formula is C20H25N7O. The second-order valence-corrected chi connectivity index (χ2v) is 7.10. The Morgan fingerprint density at radius 3 is 2.50 bits per heavy atom. The summed E-state index contributed by atoms with van der Waals surface area (Å²) >= 11 is 0. The van der Waals surface area contributed by atoms with Gasteiger partial charge in [-0.1, -0.05) is 17.3 Å². The number of anilines is 5. The molecule has 0 radical (unpaired) electrons. The van der Waals surface area contributed by atoms with E-state index < -0.39 is 0 Å². The zero-order chi connectivity index (χ0) is 19.7. The predicted octanol–water partition coefficient (Wildman–Crippen LogP) is 3.04. The summed E-state index contributed by atoms with van der Waals surface area (Å²) in [5, 5.41) is 7.03. The molecule has 0 saturated carbocycles. The molecule has 0 aliphatic carbocycles. The van der Waals surface area contributed by atoms with E-state index in [0.717, 1.165) is 37.8 Å². The van der Waals surface area contributed by atoms with Crippen molar-refractivity contribution >= 4 is 28.8 Å². The maximum absolute atomic E-state index is 6.36. The summed E-state index contributed by atoms with van der Waals surface area (Å²) in [5.41, 5.74) is 10.8. The molecule has 8 heteroatoms. The highest BCUT2D eigenvalue weighted by Crippen LogP contribution is 2.30. The molecule has 4 rings (SSSR count). The van der Waals surface area contributed by atoms with Crippen LogP contribution in [0, 0.1) is 20.8 Å². The number of hydrogen-bond acceptors (Lipinski definition) is 8. The lowest BCUT2D eigenvalue weighted by Gasteiger charge is -2.38. The summed E-state index contributed by atoms with van der Waals surface area (Å²) in [5.74, 6) is 2.58. The molecule has 0 spiro atoms. The largest absolute Gasteiger partial charge is 0.393 e. The minimum Gasteiger partial charge on any atom is -0.393 e. The van der Waals surface area contributed by atoms with Gasteiger partial charge < -0.3 is 25.4 Å². The quantitative estimate of drug-likeness (QED) is 0.714. The molecule has 1 aliphatic rings. The minimum atomic E-state index is 0.517. The number of piperazine rings is 1. The van der Waals surface area contributed by atoms with Gasteiger partial charge in [0, 0.05) is 37.9 Å². The van der Waals surface area contributed by atoms with Crippen molar-refractivity contribution < 1.29 is 4.52 Å². The number of aryl methyl sites for hydroxylation is 2. The summed E-state index contributed by atoms with van der Waals surface area (Å²) in [4.78, 5) is 13.3. The molecule has 0 amide bonds. The second-order valence-electron chi connectivity index (χ2n) is 7.10. The topological polar surface area (TPSA) is 96.3 Å². The monoisotopic (exact) mass is 379 g/mol. The van der Waals surface area contributed by atoms with E-state index >= 15 is 0 Å². The fourth-order valence-corrected chi connectivity index (χ4v) is 3.52. The van der Waals surface area contributed by atoms with Crippen LogP contribution in [0.3, 0.4) is 0 Å². The lowest BCUT2D eigenvalue weighted by molar-refractivity contribution is 0.400. The molecule has 0 atom stereocenters. The van der Waals surface area contributed by atoms with Crippen molar-refractivity contribution in [3.63, 3.8) is 0 Å². The van der Waals surface area contributed by atoms with Gasteiger partial charge in [0.05, 0.1) is 0 Å². The van der Waals surface area contributed by atoms with Crippen molar-refractivity contribution in [2.45, 2.75) is 20.8 Å². The third-order valence-electron chi connectivity index (χ3n) is 5.23. The Bertz CT molecular complexity index is 976. The molecule has 8 nitrogen and oxygen atoms in total. The molecule has 1 aromatic carbocycles. The van der Waals surface area contributed by atoms with Gasteiger partial charge in [0.15, 0.2) is 17.5 Å². The third kappa shape index (κ3) is 3.45. The fraction of sp³-hybridized carbons (Fsp3) is 0.350. The molecule has 146 valence electrons. The van der Waals surface area contributed by atoms with Gasteiger partial charge in [0.2, 0.25) is 0 Å². The molecule has 1 saturated heterocycles. The highest BCUT2D eigenvalue weighted by molar-refractivity contribution is 5.77. The summed E-state index contributed by atoms with van der Waals surface area (Å²) in [6, 6.07) is 8.26. The molecule has 28 heavy (non-hydrogen) atoms. The summed E-state index contributed by atoms with van der Waals surface area (Å²) in [7, 11) is 0. The normalized spacial score (nSPS) is 14.4. The highest BCUT2D eigenvalue weighted by atomic mass is 16.5. The molecule has 2 aromatic heterocycles. The van der Waals surface area contributed by atoms with E-state index in [1.807, 2.05) is 6.92 Å². The smallest absolute Gasteiger partial charge is 0.175 e. The maximum Gasteiger partial charge on any atom is 0.175 e. The van der Waals surface area contributed by atoms with Crippen molar-refractivity contribution in [1.29, 1.82) is 0 Å². The Kier molecular flexibility index (Phi) is 4.77. The van der Waals surface area contributed by atoms with Crippen molar-refractivity contribution in [3.8, 4) is 0 Å². The molecule has 3 aromatic rings. The van der Waals surface area contributed by atoms with E-state index in [-0.39, 0.29) is 0 Å². The van der Waals surface area contributed by atoms with Crippen LogP contribution in [0.2, 0.25) is 0 Å². The lowest BCUT2D eigenvalue weighted by atomic mass is 10.1. The molecule has 0 unspecified atom stereocenters. The number of aromatic nitrogens is 3. The van der Waals surface area contributed by atoms with Crippen LogP contribution in [-0.4, -0.2) is 41.3 Å². The van der Waals surface area contributed by atoms with Gasteiger partial charge >= 0.3 is 0 Å². The molecular weight excluding hydrogens is 354 g/mol. The zero-order valence-corrected chi connectivity index (χ0v) is 16.4. The molecule has 1 aliphatic heterocycles. The van der Waals surface area contributed by atoms with Gasteiger partial charge in [-0.05, 0) is 38.0 Å². The highest BCUT2D eigenvalue weighted by Gasteiger charge is 2.22. The third-order valence-corrected chi connectivity index (χ3v) is 5.23. The number of nitrogens with two attached hydrogens (primary N) is 1. The van der Waals surface area contributed by atoms with Crippen LogP contribution in [0.5, 0.6) is 0 Å². The first-order valence-corrected chi connectivity index (χ1v) is 9.40.